The molecule has 3 rings (SSSR count). The van der Waals surface area contributed by atoms with Crippen LogP contribution in [0.2, 0.25) is 0 Å². The van der Waals surface area contributed by atoms with Crippen LogP contribution in [0.4, 0.5) is 0 Å². The molecule has 0 aliphatic heterocycles. The molecule has 104 valence electrons. The van der Waals surface area contributed by atoms with E-state index in [0.29, 0.717) is 5.56 Å². The molecular formula is C17H15N3O. The van der Waals surface area contributed by atoms with Crippen molar-refractivity contribution in [2.45, 2.75) is 0 Å². The maximum Gasteiger partial charge on any atom is 0.269 e. The molecule has 0 saturated heterocycles. The first-order chi connectivity index (χ1) is 10.3. The Bertz CT molecular complexity index is 775. The lowest BCUT2D eigenvalue weighted by Gasteiger charge is -2.03. The summed E-state index contributed by atoms with van der Waals surface area (Å²) >= 11 is 0. The van der Waals surface area contributed by atoms with Gasteiger partial charge in [-0.05, 0) is 24.3 Å². The summed E-state index contributed by atoms with van der Waals surface area (Å²) in [6, 6.07) is 17.1. The highest BCUT2D eigenvalue weighted by Crippen LogP contribution is 2.18. The number of nitrogens with one attached hydrogen (secondary N) is 3. The van der Waals surface area contributed by atoms with E-state index in [2.05, 4.69) is 15.8 Å². The molecule has 3 N–H and O–H groups in total. The minimum absolute atomic E-state index is 0.167. The summed E-state index contributed by atoms with van der Waals surface area (Å²) in [6.45, 7) is 0. The molecule has 4 heteroatoms. The Hall–Kier alpha value is -3.01. The summed E-state index contributed by atoms with van der Waals surface area (Å²) in [5.41, 5.74) is 8.18. The van der Waals surface area contributed by atoms with E-state index in [9.17, 15) is 4.79 Å². The Balaban J connectivity index is 1.61. The fourth-order valence-electron chi connectivity index (χ4n) is 2.13. The summed E-state index contributed by atoms with van der Waals surface area (Å²) in [6.07, 6.45) is 5.54. The SMILES string of the molecule is O=C(NN/C=C/c1c[nH]c2ccccc12)c1ccccc1. The monoisotopic (exact) mass is 277 g/mol. The highest BCUT2D eigenvalue weighted by Gasteiger charge is 2.01. The number of hydrazine groups is 1. The van der Waals surface area contributed by atoms with Crippen molar-refractivity contribution in [1.29, 1.82) is 0 Å². The Morgan fingerprint density at radius 3 is 2.62 bits per heavy atom. The molecule has 0 bridgehead atoms. The zero-order valence-electron chi connectivity index (χ0n) is 11.3. The summed E-state index contributed by atoms with van der Waals surface area (Å²) in [5, 5.41) is 1.14. The van der Waals surface area contributed by atoms with Gasteiger partial charge in [0.2, 0.25) is 0 Å². The van der Waals surface area contributed by atoms with Crippen molar-refractivity contribution in [3.8, 4) is 0 Å². The predicted molar refractivity (Wildman–Crippen MR) is 84.4 cm³/mol. The lowest BCUT2D eigenvalue weighted by molar-refractivity contribution is 0.0941. The fraction of sp³-hybridized carbons (Fsp3) is 0. The number of hydrogen-bond donors (Lipinski definition) is 3. The van der Waals surface area contributed by atoms with Crippen molar-refractivity contribution in [2.24, 2.45) is 0 Å². The number of carbonyl (C=O) groups is 1. The lowest BCUT2D eigenvalue weighted by Crippen LogP contribution is -2.33. The molecule has 0 saturated carbocycles. The van der Waals surface area contributed by atoms with E-state index in [1.165, 1.54) is 0 Å². The van der Waals surface area contributed by atoms with Crippen LogP contribution in [-0.2, 0) is 0 Å². The first-order valence-corrected chi connectivity index (χ1v) is 6.68. The largest absolute Gasteiger partial charge is 0.361 e. The molecule has 21 heavy (non-hydrogen) atoms. The van der Waals surface area contributed by atoms with E-state index in [-0.39, 0.29) is 5.91 Å². The summed E-state index contributed by atoms with van der Waals surface area (Å²) in [7, 11) is 0. The minimum atomic E-state index is -0.167. The molecule has 2 aromatic carbocycles. The van der Waals surface area contributed by atoms with Gasteiger partial charge in [0.15, 0.2) is 0 Å². The van der Waals surface area contributed by atoms with Crippen LogP contribution < -0.4 is 10.9 Å². The van der Waals surface area contributed by atoms with Crippen molar-refractivity contribution in [1.82, 2.24) is 15.8 Å². The second-order valence-corrected chi connectivity index (χ2v) is 4.59. The van der Waals surface area contributed by atoms with Crippen molar-refractivity contribution < 1.29 is 4.79 Å². The molecule has 1 heterocycles. The quantitative estimate of drug-likeness (QED) is 0.642. The third-order valence-electron chi connectivity index (χ3n) is 3.19. The van der Waals surface area contributed by atoms with Crippen LogP contribution in [0.3, 0.4) is 0 Å². The molecule has 0 aliphatic rings. The number of amides is 1. The zero-order valence-corrected chi connectivity index (χ0v) is 11.3. The standard InChI is InChI=1S/C17H15N3O/c21-17(13-6-2-1-3-7-13)20-19-11-10-14-12-18-16-9-5-4-8-15(14)16/h1-12,18-19H,(H,20,21)/b11-10+. The van der Waals surface area contributed by atoms with Crippen molar-refractivity contribution in [3.63, 3.8) is 0 Å². The van der Waals surface area contributed by atoms with Gasteiger partial charge in [-0.1, -0.05) is 36.4 Å². The molecule has 1 aromatic heterocycles. The van der Waals surface area contributed by atoms with Crippen molar-refractivity contribution in [3.05, 3.63) is 78.1 Å². The number of rotatable bonds is 4. The molecule has 3 aromatic rings. The molecule has 0 radical (unpaired) electrons. The summed E-state index contributed by atoms with van der Waals surface area (Å²) < 4.78 is 0. The van der Waals surface area contributed by atoms with E-state index >= 15 is 0 Å². The molecule has 0 spiro atoms. The van der Waals surface area contributed by atoms with Crippen molar-refractivity contribution in [2.75, 3.05) is 0 Å². The Labute approximate surface area is 122 Å². The van der Waals surface area contributed by atoms with E-state index in [0.717, 1.165) is 16.5 Å². The van der Waals surface area contributed by atoms with E-state index in [4.69, 9.17) is 0 Å². The van der Waals surface area contributed by atoms with E-state index < -0.39 is 0 Å². The first-order valence-electron chi connectivity index (χ1n) is 6.68. The molecule has 0 atom stereocenters. The van der Waals surface area contributed by atoms with Gasteiger partial charge >= 0.3 is 0 Å². The third-order valence-corrected chi connectivity index (χ3v) is 3.19. The lowest BCUT2D eigenvalue weighted by atomic mass is 10.2. The maximum atomic E-state index is 11.8. The molecule has 0 fully saturated rings. The fourth-order valence-corrected chi connectivity index (χ4v) is 2.13. The molecule has 1 amide bonds. The first kappa shape index (κ1) is 13.0. The van der Waals surface area contributed by atoms with E-state index in [1.807, 2.05) is 54.7 Å². The Morgan fingerprint density at radius 1 is 1.00 bits per heavy atom. The number of aromatic nitrogens is 1. The second kappa shape index (κ2) is 5.96. The Morgan fingerprint density at radius 2 is 1.76 bits per heavy atom. The van der Waals surface area contributed by atoms with Crippen LogP contribution in [0.25, 0.3) is 17.0 Å². The third kappa shape index (κ3) is 2.95. The number of H-pyrrole nitrogens is 1. The van der Waals surface area contributed by atoms with Gasteiger partial charge in [-0.25, -0.2) is 0 Å². The van der Waals surface area contributed by atoms with Gasteiger partial charge < -0.3 is 10.4 Å². The average Bonchev–Trinajstić information content (AvgIpc) is 2.95. The van der Waals surface area contributed by atoms with Crippen LogP contribution in [0.5, 0.6) is 0 Å². The normalized spacial score (nSPS) is 10.9. The smallest absolute Gasteiger partial charge is 0.269 e. The molecule has 4 nitrogen and oxygen atoms in total. The molecule has 0 unspecified atom stereocenters. The van der Waals surface area contributed by atoms with Crippen molar-refractivity contribution >= 4 is 22.9 Å². The van der Waals surface area contributed by atoms with Gasteiger partial charge in [0.1, 0.15) is 0 Å². The highest BCUT2D eigenvalue weighted by atomic mass is 16.2. The van der Waals surface area contributed by atoms with Crippen LogP contribution >= 0.6 is 0 Å². The number of para-hydroxylation sites is 1. The maximum absolute atomic E-state index is 11.8. The van der Waals surface area contributed by atoms with Crippen LogP contribution in [0.1, 0.15) is 15.9 Å². The second-order valence-electron chi connectivity index (χ2n) is 4.59. The highest BCUT2D eigenvalue weighted by molar-refractivity contribution is 5.94. The van der Waals surface area contributed by atoms with Crippen LogP contribution in [0.15, 0.2) is 67.0 Å². The summed E-state index contributed by atoms with van der Waals surface area (Å²) in [4.78, 5) is 15.0. The zero-order chi connectivity index (χ0) is 14.5. The number of aromatic amines is 1. The van der Waals surface area contributed by atoms with Gasteiger partial charge in [0, 0.05) is 34.4 Å². The predicted octanol–water partition coefficient (Wildman–Crippen LogP) is 3.07. The minimum Gasteiger partial charge on any atom is -0.361 e. The summed E-state index contributed by atoms with van der Waals surface area (Å²) in [5.74, 6) is -0.167. The number of benzene rings is 2. The van der Waals surface area contributed by atoms with Crippen LogP contribution in [-0.4, -0.2) is 10.9 Å². The molecule has 0 aliphatic carbocycles. The van der Waals surface area contributed by atoms with Gasteiger partial charge in [0.25, 0.3) is 5.91 Å². The number of carbonyl (C=O) groups excluding carboxylic acids is 1. The van der Waals surface area contributed by atoms with E-state index in [1.54, 1.807) is 18.3 Å². The average molecular weight is 277 g/mol. The van der Waals surface area contributed by atoms with Gasteiger partial charge in [-0.3, -0.25) is 10.2 Å². The van der Waals surface area contributed by atoms with Gasteiger partial charge in [0.05, 0.1) is 0 Å². The number of hydrogen-bond acceptors (Lipinski definition) is 2. The van der Waals surface area contributed by atoms with Gasteiger partial charge in [-0.15, -0.1) is 0 Å². The number of fused-ring (bicyclic) bond motifs is 1. The van der Waals surface area contributed by atoms with Crippen LogP contribution in [0, 0.1) is 0 Å². The Kier molecular flexibility index (Phi) is 3.69. The molecular weight excluding hydrogens is 262 g/mol. The van der Waals surface area contributed by atoms with Gasteiger partial charge in [-0.2, -0.15) is 0 Å². The topological polar surface area (TPSA) is 56.9 Å².